The summed E-state index contributed by atoms with van der Waals surface area (Å²) in [5.74, 6) is 0. The van der Waals surface area contributed by atoms with Crippen molar-refractivity contribution >= 4 is 5.69 Å². The molecule has 2 nitrogen and oxygen atoms in total. The van der Waals surface area contributed by atoms with Crippen LogP contribution in [0.3, 0.4) is 0 Å². The summed E-state index contributed by atoms with van der Waals surface area (Å²) in [7, 11) is 0. The van der Waals surface area contributed by atoms with Crippen LogP contribution in [0.25, 0.3) is 0 Å². The molecular formula is C14H20F3NO. The zero-order valence-corrected chi connectivity index (χ0v) is 11.5. The molecule has 108 valence electrons. The van der Waals surface area contributed by atoms with Crippen molar-refractivity contribution in [1.29, 1.82) is 0 Å². The zero-order valence-electron chi connectivity index (χ0n) is 11.5. The highest BCUT2D eigenvalue weighted by molar-refractivity contribution is 5.48. The Morgan fingerprint density at radius 2 is 1.53 bits per heavy atom. The van der Waals surface area contributed by atoms with Crippen molar-refractivity contribution in [2.24, 2.45) is 0 Å². The van der Waals surface area contributed by atoms with Gasteiger partial charge in [-0.15, -0.1) is 0 Å². The summed E-state index contributed by atoms with van der Waals surface area (Å²) in [6.07, 6.45) is -5.63. The maximum Gasteiger partial charge on any atom is 0.392 e. The molecule has 0 radical (unpaired) electrons. The molecule has 19 heavy (non-hydrogen) atoms. The lowest BCUT2D eigenvalue weighted by Crippen LogP contribution is -2.29. The van der Waals surface area contributed by atoms with Gasteiger partial charge < -0.3 is 10.0 Å². The van der Waals surface area contributed by atoms with E-state index in [1.54, 1.807) is 24.3 Å². The standard InChI is InChI=1S/C14H20F3NO/c1-4-18(5-2)12-8-6-11(7-9-12)13(3,19)10-14(15,16)17/h6-9,19H,4-5,10H2,1-3H3. The number of aliphatic hydroxyl groups is 1. The molecule has 5 heteroatoms. The molecule has 0 aliphatic rings. The van der Waals surface area contributed by atoms with Crippen LogP contribution in [0.15, 0.2) is 24.3 Å². The van der Waals surface area contributed by atoms with Gasteiger partial charge in [0.25, 0.3) is 0 Å². The van der Waals surface area contributed by atoms with Crippen LogP contribution < -0.4 is 4.90 Å². The Hall–Kier alpha value is -1.23. The fraction of sp³-hybridized carbons (Fsp3) is 0.571. The zero-order chi connectivity index (χ0) is 14.7. The van der Waals surface area contributed by atoms with Crippen molar-refractivity contribution < 1.29 is 18.3 Å². The fourth-order valence-corrected chi connectivity index (χ4v) is 2.11. The molecule has 0 saturated carbocycles. The van der Waals surface area contributed by atoms with E-state index in [4.69, 9.17) is 0 Å². The van der Waals surface area contributed by atoms with Crippen LogP contribution in [0.5, 0.6) is 0 Å². The predicted octanol–water partition coefficient (Wildman–Crippen LogP) is 3.69. The van der Waals surface area contributed by atoms with E-state index in [0.717, 1.165) is 18.8 Å². The Morgan fingerprint density at radius 1 is 1.05 bits per heavy atom. The number of hydrogen-bond acceptors (Lipinski definition) is 2. The van der Waals surface area contributed by atoms with Crippen LogP contribution >= 0.6 is 0 Å². The number of halogens is 3. The number of alkyl halides is 3. The summed E-state index contributed by atoms with van der Waals surface area (Å²) in [6, 6.07) is 6.60. The van der Waals surface area contributed by atoms with Gasteiger partial charge in [-0.05, 0) is 38.5 Å². The van der Waals surface area contributed by atoms with E-state index in [1.807, 2.05) is 13.8 Å². The Balaban J connectivity index is 2.92. The Labute approximate surface area is 111 Å². The quantitative estimate of drug-likeness (QED) is 0.885. The second kappa shape index (κ2) is 5.82. The van der Waals surface area contributed by atoms with E-state index in [-0.39, 0.29) is 5.56 Å². The summed E-state index contributed by atoms with van der Waals surface area (Å²) in [6.45, 7) is 6.87. The highest BCUT2D eigenvalue weighted by Gasteiger charge is 2.39. The largest absolute Gasteiger partial charge is 0.392 e. The topological polar surface area (TPSA) is 23.5 Å². The molecule has 0 amide bonds. The molecule has 1 atom stereocenters. The summed E-state index contributed by atoms with van der Waals surface area (Å²) >= 11 is 0. The van der Waals surface area contributed by atoms with Gasteiger partial charge in [0.1, 0.15) is 0 Å². The van der Waals surface area contributed by atoms with Crippen LogP contribution in [-0.4, -0.2) is 24.4 Å². The first-order chi connectivity index (χ1) is 8.69. The summed E-state index contributed by atoms with van der Waals surface area (Å²) in [4.78, 5) is 2.09. The maximum atomic E-state index is 12.4. The van der Waals surface area contributed by atoms with Crippen molar-refractivity contribution in [2.75, 3.05) is 18.0 Å². The fourth-order valence-electron chi connectivity index (χ4n) is 2.11. The minimum atomic E-state index is -4.39. The van der Waals surface area contributed by atoms with Crippen molar-refractivity contribution in [3.63, 3.8) is 0 Å². The highest BCUT2D eigenvalue weighted by atomic mass is 19.4. The van der Waals surface area contributed by atoms with E-state index < -0.39 is 18.2 Å². The third kappa shape index (κ3) is 4.42. The van der Waals surface area contributed by atoms with Crippen LogP contribution in [-0.2, 0) is 5.60 Å². The highest BCUT2D eigenvalue weighted by Crippen LogP contribution is 2.34. The SMILES string of the molecule is CCN(CC)c1ccc(C(C)(O)CC(F)(F)F)cc1. The van der Waals surface area contributed by atoms with Crippen molar-refractivity contribution in [2.45, 2.75) is 39.0 Å². The van der Waals surface area contributed by atoms with Crippen LogP contribution in [0.2, 0.25) is 0 Å². The summed E-state index contributed by atoms with van der Waals surface area (Å²) < 4.78 is 37.2. The average molecular weight is 275 g/mol. The second-order valence-electron chi connectivity index (χ2n) is 4.78. The van der Waals surface area contributed by atoms with E-state index in [1.165, 1.54) is 6.92 Å². The molecule has 0 saturated heterocycles. The number of anilines is 1. The lowest BCUT2D eigenvalue weighted by molar-refractivity contribution is -0.174. The molecule has 1 aromatic carbocycles. The molecule has 1 aromatic rings. The van der Waals surface area contributed by atoms with Gasteiger partial charge in [0.15, 0.2) is 0 Å². The van der Waals surface area contributed by atoms with Gasteiger partial charge in [-0.2, -0.15) is 13.2 Å². The molecule has 0 aliphatic carbocycles. The second-order valence-corrected chi connectivity index (χ2v) is 4.78. The predicted molar refractivity (Wildman–Crippen MR) is 70.2 cm³/mol. The molecule has 0 fully saturated rings. The van der Waals surface area contributed by atoms with E-state index >= 15 is 0 Å². The van der Waals surface area contributed by atoms with Gasteiger partial charge in [0, 0.05) is 18.8 Å². The van der Waals surface area contributed by atoms with Crippen molar-refractivity contribution in [1.82, 2.24) is 0 Å². The Bertz CT molecular complexity index is 394. The first-order valence-electron chi connectivity index (χ1n) is 6.34. The van der Waals surface area contributed by atoms with Crippen LogP contribution in [0.4, 0.5) is 18.9 Å². The number of hydrogen-bond donors (Lipinski definition) is 1. The van der Waals surface area contributed by atoms with Crippen molar-refractivity contribution in [3.8, 4) is 0 Å². The molecular weight excluding hydrogens is 255 g/mol. The maximum absolute atomic E-state index is 12.4. The summed E-state index contributed by atoms with van der Waals surface area (Å²) in [5.41, 5.74) is -0.669. The average Bonchev–Trinajstić information content (AvgIpc) is 2.28. The molecule has 1 unspecified atom stereocenters. The molecule has 1 rings (SSSR count). The summed E-state index contributed by atoms with van der Waals surface area (Å²) in [5, 5.41) is 9.93. The van der Waals surface area contributed by atoms with Gasteiger partial charge in [-0.25, -0.2) is 0 Å². The van der Waals surface area contributed by atoms with Gasteiger partial charge in [-0.1, -0.05) is 12.1 Å². The number of rotatable bonds is 5. The first kappa shape index (κ1) is 15.8. The third-order valence-corrected chi connectivity index (χ3v) is 3.16. The first-order valence-corrected chi connectivity index (χ1v) is 6.34. The molecule has 0 aromatic heterocycles. The molecule has 0 aliphatic heterocycles. The Kier molecular flexibility index (Phi) is 4.85. The van der Waals surface area contributed by atoms with Crippen LogP contribution in [0, 0.1) is 0 Å². The third-order valence-electron chi connectivity index (χ3n) is 3.16. The van der Waals surface area contributed by atoms with Gasteiger partial charge in [0.05, 0.1) is 12.0 Å². The molecule has 0 spiro atoms. The smallest absolute Gasteiger partial charge is 0.385 e. The van der Waals surface area contributed by atoms with Crippen LogP contribution in [0.1, 0.15) is 32.8 Å². The van der Waals surface area contributed by atoms with Gasteiger partial charge >= 0.3 is 6.18 Å². The number of benzene rings is 1. The Morgan fingerprint density at radius 3 is 1.89 bits per heavy atom. The number of nitrogens with zero attached hydrogens (tertiary/aromatic N) is 1. The molecule has 0 bridgehead atoms. The van der Waals surface area contributed by atoms with E-state index in [9.17, 15) is 18.3 Å². The van der Waals surface area contributed by atoms with Gasteiger partial charge in [-0.3, -0.25) is 0 Å². The monoisotopic (exact) mass is 275 g/mol. The normalized spacial score (nSPS) is 15.1. The minimum absolute atomic E-state index is 0.278. The van der Waals surface area contributed by atoms with Crippen molar-refractivity contribution in [3.05, 3.63) is 29.8 Å². The molecule has 0 heterocycles. The lowest BCUT2D eigenvalue weighted by atomic mass is 9.92. The van der Waals surface area contributed by atoms with E-state index in [2.05, 4.69) is 4.90 Å². The van der Waals surface area contributed by atoms with Gasteiger partial charge in [0.2, 0.25) is 0 Å². The minimum Gasteiger partial charge on any atom is -0.385 e. The lowest BCUT2D eigenvalue weighted by Gasteiger charge is -2.26. The molecule has 1 N–H and O–H groups in total. The van der Waals surface area contributed by atoms with E-state index in [0.29, 0.717) is 0 Å².